The summed E-state index contributed by atoms with van der Waals surface area (Å²) in [6, 6.07) is 2.04. The molecule has 2 aromatic rings. The minimum Gasteiger partial charge on any atom is -0.378 e. The maximum Gasteiger partial charge on any atom is 0.224 e. The molecule has 1 atom stereocenters. The van der Waals surface area contributed by atoms with Crippen molar-refractivity contribution < 1.29 is 13.2 Å². The first-order chi connectivity index (χ1) is 13.3. The molecular weight excluding hydrogens is 422 g/mol. The van der Waals surface area contributed by atoms with Crippen molar-refractivity contribution in [2.24, 2.45) is 0 Å². The highest BCUT2D eigenvalue weighted by atomic mass is 35.5. The van der Waals surface area contributed by atoms with Crippen LogP contribution in [0.1, 0.15) is 11.8 Å². The van der Waals surface area contributed by atoms with Gasteiger partial charge in [0.05, 0.1) is 29.7 Å². The Bertz CT molecular complexity index is 961. The van der Waals surface area contributed by atoms with Gasteiger partial charge in [-0.3, -0.25) is 4.90 Å². The van der Waals surface area contributed by atoms with Gasteiger partial charge >= 0.3 is 0 Å². The summed E-state index contributed by atoms with van der Waals surface area (Å²) in [5.74, 6) is 0.879. The van der Waals surface area contributed by atoms with E-state index < -0.39 is 10.0 Å². The van der Waals surface area contributed by atoms with Crippen molar-refractivity contribution in [1.29, 1.82) is 0 Å². The summed E-state index contributed by atoms with van der Waals surface area (Å²) in [7, 11) is -3.15. The molecule has 0 amide bonds. The van der Waals surface area contributed by atoms with Crippen molar-refractivity contribution in [3.05, 3.63) is 16.2 Å². The van der Waals surface area contributed by atoms with Gasteiger partial charge in [0.15, 0.2) is 5.82 Å². The molecule has 0 saturated carbocycles. The number of rotatable bonds is 4. The second-order valence-electron chi connectivity index (χ2n) is 7.30. The van der Waals surface area contributed by atoms with Crippen LogP contribution in [0.4, 0.5) is 5.82 Å². The molecule has 0 bridgehead atoms. The third-order valence-electron chi connectivity index (χ3n) is 5.14. The second-order valence-corrected chi connectivity index (χ2v) is 10.7. The van der Waals surface area contributed by atoms with E-state index in [0.29, 0.717) is 32.8 Å². The van der Waals surface area contributed by atoms with Crippen LogP contribution in [0, 0.1) is 0 Å². The number of hydrogen-bond acceptors (Lipinski definition) is 8. The van der Waals surface area contributed by atoms with E-state index in [0.717, 1.165) is 35.7 Å². The van der Waals surface area contributed by atoms with Crippen LogP contribution in [0.3, 0.4) is 0 Å². The average Bonchev–Trinajstić information content (AvgIpc) is 3.02. The molecule has 8 nitrogen and oxygen atoms in total. The van der Waals surface area contributed by atoms with Crippen LogP contribution in [0.2, 0.25) is 5.28 Å². The molecule has 11 heteroatoms. The fourth-order valence-electron chi connectivity index (χ4n) is 3.88. The van der Waals surface area contributed by atoms with E-state index >= 15 is 0 Å². The van der Waals surface area contributed by atoms with Crippen LogP contribution < -0.4 is 4.90 Å². The van der Waals surface area contributed by atoms with E-state index in [4.69, 9.17) is 16.3 Å². The highest BCUT2D eigenvalue weighted by Gasteiger charge is 2.30. The fourth-order valence-corrected chi connectivity index (χ4v) is 6.34. The normalized spacial score (nSPS) is 22.8. The summed E-state index contributed by atoms with van der Waals surface area (Å²) in [6.07, 6.45) is 1.28. The lowest BCUT2D eigenvalue weighted by Crippen LogP contribution is -2.53. The van der Waals surface area contributed by atoms with E-state index in [1.54, 1.807) is 15.6 Å². The summed E-state index contributed by atoms with van der Waals surface area (Å²) in [5.41, 5.74) is 0.865. The molecule has 0 spiro atoms. The molecule has 28 heavy (non-hydrogen) atoms. The summed E-state index contributed by atoms with van der Waals surface area (Å²) >= 11 is 7.86. The van der Waals surface area contributed by atoms with E-state index in [9.17, 15) is 8.42 Å². The number of halogens is 1. The van der Waals surface area contributed by atoms with Crippen LogP contribution in [-0.2, 0) is 21.3 Å². The molecule has 0 aromatic carbocycles. The molecule has 2 saturated heterocycles. The van der Waals surface area contributed by atoms with Gasteiger partial charge < -0.3 is 9.64 Å². The molecular formula is C17H24ClN5O3S2. The molecule has 4 rings (SSSR count). The number of thiophene rings is 1. The second kappa shape index (κ2) is 8.00. The summed E-state index contributed by atoms with van der Waals surface area (Å²) in [6.45, 7) is 7.63. The predicted molar refractivity (Wildman–Crippen MR) is 112 cm³/mol. The molecule has 2 aliphatic heterocycles. The van der Waals surface area contributed by atoms with Gasteiger partial charge in [0.25, 0.3) is 0 Å². The van der Waals surface area contributed by atoms with Crippen molar-refractivity contribution in [3.8, 4) is 0 Å². The van der Waals surface area contributed by atoms with Crippen LogP contribution in [0.25, 0.3) is 10.2 Å². The SMILES string of the molecule is CC1CN(Cc2cc3nc(Cl)nc(N4CCOCC4)c3s2)CCN1S(C)(=O)=O. The fraction of sp³-hybridized carbons (Fsp3) is 0.647. The molecule has 2 fully saturated rings. The maximum absolute atomic E-state index is 11.9. The van der Waals surface area contributed by atoms with Gasteiger partial charge in [-0.1, -0.05) is 0 Å². The first-order valence-electron chi connectivity index (χ1n) is 9.29. The van der Waals surface area contributed by atoms with Crippen LogP contribution in [-0.4, -0.2) is 85.8 Å². The van der Waals surface area contributed by atoms with Crippen LogP contribution >= 0.6 is 22.9 Å². The van der Waals surface area contributed by atoms with Gasteiger partial charge in [-0.05, 0) is 24.6 Å². The zero-order valence-corrected chi connectivity index (χ0v) is 18.4. The van der Waals surface area contributed by atoms with Gasteiger partial charge in [0, 0.05) is 50.2 Å². The quantitative estimate of drug-likeness (QED) is 0.662. The Hall–Kier alpha value is -1.04. The minimum absolute atomic E-state index is 0.0312. The van der Waals surface area contributed by atoms with Crippen molar-refractivity contribution in [2.45, 2.75) is 19.5 Å². The summed E-state index contributed by atoms with van der Waals surface area (Å²) in [5, 5.41) is 0.258. The Kier molecular flexibility index (Phi) is 5.78. The Morgan fingerprint density at radius 1 is 1.25 bits per heavy atom. The minimum atomic E-state index is -3.15. The van der Waals surface area contributed by atoms with E-state index in [1.807, 2.05) is 6.92 Å². The van der Waals surface area contributed by atoms with Gasteiger partial charge in [0.1, 0.15) is 0 Å². The van der Waals surface area contributed by atoms with Crippen LogP contribution in [0.15, 0.2) is 6.07 Å². The molecule has 2 aliphatic rings. The molecule has 1 unspecified atom stereocenters. The monoisotopic (exact) mass is 445 g/mol. The number of fused-ring (bicyclic) bond motifs is 1. The number of aromatic nitrogens is 2. The first-order valence-corrected chi connectivity index (χ1v) is 12.3. The molecule has 2 aromatic heterocycles. The van der Waals surface area contributed by atoms with Crippen molar-refractivity contribution in [3.63, 3.8) is 0 Å². The Balaban J connectivity index is 1.54. The third kappa shape index (κ3) is 4.27. The standard InChI is InChI=1S/C17H24ClN5O3S2/c1-12-10-21(3-4-23(12)28(2,24)25)11-13-9-14-15(27-13)16(20-17(18)19-14)22-5-7-26-8-6-22/h9,12H,3-8,10-11H2,1-2H3. The van der Waals surface area contributed by atoms with Crippen molar-refractivity contribution in [1.82, 2.24) is 19.2 Å². The smallest absolute Gasteiger partial charge is 0.224 e. The Morgan fingerprint density at radius 3 is 2.68 bits per heavy atom. The van der Waals surface area contributed by atoms with E-state index in [1.165, 1.54) is 11.1 Å². The van der Waals surface area contributed by atoms with Gasteiger partial charge in [0.2, 0.25) is 15.3 Å². The van der Waals surface area contributed by atoms with Gasteiger partial charge in [-0.15, -0.1) is 11.3 Å². The third-order valence-corrected chi connectivity index (χ3v) is 7.81. The summed E-state index contributed by atoms with van der Waals surface area (Å²) in [4.78, 5) is 14.6. The number of sulfonamides is 1. The average molecular weight is 446 g/mol. The van der Waals surface area contributed by atoms with Crippen molar-refractivity contribution in [2.75, 3.05) is 57.1 Å². The highest BCUT2D eigenvalue weighted by Crippen LogP contribution is 2.34. The number of anilines is 1. The molecule has 0 radical (unpaired) electrons. The Morgan fingerprint density at radius 2 is 2.00 bits per heavy atom. The largest absolute Gasteiger partial charge is 0.378 e. The molecule has 0 aliphatic carbocycles. The Labute approximate surface area is 174 Å². The zero-order chi connectivity index (χ0) is 19.9. The van der Waals surface area contributed by atoms with E-state index in [-0.39, 0.29) is 11.3 Å². The molecule has 0 N–H and O–H groups in total. The lowest BCUT2D eigenvalue weighted by molar-refractivity contribution is 0.122. The van der Waals surface area contributed by atoms with Crippen LogP contribution in [0.5, 0.6) is 0 Å². The predicted octanol–water partition coefficient (Wildman–Crippen LogP) is 1.65. The highest BCUT2D eigenvalue weighted by molar-refractivity contribution is 7.88. The molecule has 154 valence electrons. The van der Waals surface area contributed by atoms with Crippen molar-refractivity contribution >= 4 is 49.0 Å². The zero-order valence-electron chi connectivity index (χ0n) is 16.0. The summed E-state index contributed by atoms with van der Waals surface area (Å²) < 4.78 is 31.8. The number of ether oxygens (including phenoxy) is 1. The lowest BCUT2D eigenvalue weighted by Gasteiger charge is -2.38. The van der Waals surface area contributed by atoms with Gasteiger partial charge in [-0.2, -0.15) is 9.29 Å². The topological polar surface area (TPSA) is 78.9 Å². The van der Waals surface area contributed by atoms with Gasteiger partial charge in [-0.25, -0.2) is 13.4 Å². The van der Waals surface area contributed by atoms with E-state index in [2.05, 4.69) is 25.8 Å². The molecule has 4 heterocycles. The lowest BCUT2D eigenvalue weighted by atomic mass is 10.2. The maximum atomic E-state index is 11.9. The number of hydrogen-bond donors (Lipinski definition) is 0. The number of nitrogens with zero attached hydrogens (tertiary/aromatic N) is 5. The first kappa shape index (κ1) is 20.2. The number of piperazine rings is 1. The number of morpholine rings is 1.